The van der Waals surface area contributed by atoms with E-state index in [1.165, 1.54) is 6.07 Å². The fourth-order valence-electron chi connectivity index (χ4n) is 0.445. The van der Waals surface area contributed by atoms with Crippen molar-refractivity contribution in [3.8, 4) is 0 Å². The summed E-state index contributed by atoms with van der Waals surface area (Å²) < 4.78 is 0. The van der Waals surface area contributed by atoms with Gasteiger partial charge in [0.2, 0.25) is 5.69 Å². The highest BCUT2D eigenvalue weighted by atomic mass is 16.4. The second-order valence-electron chi connectivity index (χ2n) is 1.46. The molecule has 0 atom stereocenters. The van der Waals surface area contributed by atoms with E-state index in [0.717, 1.165) is 0 Å². The Kier molecular flexibility index (Phi) is 1.40. The van der Waals surface area contributed by atoms with E-state index in [1.54, 1.807) is 12.3 Å². The quantitative estimate of drug-likeness (QED) is 0.555. The molecule has 2 N–H and O–H groups in total. The van der Waals surface area contributed by atoms with Gasteiger partial charge in [-0.25, -0.2) is 4.79 Å². The van der Waals surface area contributed by atoms with Crippen LogP contribution in [0.2, 0.25) is 0 Å². The van der Waals surface area contributed by atoms with Crippen LogP contribution < -0.4 is 5.10 Å². The molecular weight excluding hydrogens is 120 g/mol. The van der Waals surface area contributed by atoms with E-state index in [0.29, 0.717) is 0 Å². The van der Waals surface area contributed by atoms with Crippen molar-refractivity contribution < 1.29 is 15.0 Å². The van der Waals surface area contributed by atoms with Crippen molar-refractivity contribution in [2.45, 2.75) is 0 Å². The van der Waals surface area contributed by atoms with Crippen LogP contribution in [0.3, 0.4) is 0 Å². The monoisotopic (exact) mass is 125 g/mol. The molecule has 0 fully saturated rings. The Bertz CT molecular complexity index is 209. The van der Waals surface area contributed by atoms with Gasteiger partial charge in [0.15, 0.2) is 6.20 Å². The molecule has 0 aromatic carbocycles. The van der Waals surface area contributed by atoms with E-state index in [2.05, 4.69) is 10.2 Å². The normalized spacial score (nSPS) is 8.89. The van der Waals surface area contributed by atoms with Gasteiger partial charge >= 0.3 is 5.97 Å². The van der Waals surface area contributed by atoms with Gasteiger partial charge in [-0.15, -0.1) is 5.10 Å². The lowest BCUT2D eigenvalue weighted by molar-refractivity contribution is -0.455. The zero-order valence-electron chi connectivity index (χ0n) is 4.53. The summed E-state index contributed by atoms with van der Waals surface area (Å²) in [4.78, 5) is 10.1. The average molecular weight is 125 g/mol. The van der Waals surface area contributed by atoms with Crippen molar-refractivity contribution >= 4 is 5.97 Å². The number of aromatic nitrogens is 2. The molecule has 9 heavy (non-hydrogen) atoms. The Labute approximate surface area is 51.2 Å². The van der Waals surface area contributed by atoms with Crippen LogP contribution in [0.1, 0.15) is 10.5 Å². The topological polar surface area (TPSA) is 64.3 Å². The molecule has 0 unspecified atom stereocenters. The van der Waals surface area contributed by atoms with Gasteiger partial charge in [-0.1, -0.05) is 0 Å². The Hall–Kier alpha value is -1.45. The number of carbonyl (C=O) groups is 1. The second-order valence-corrected chi connectivity index (χ2v) is 1.46. The molecule has 0 aliphatic heterocycles. The van der Waals surface area contributed by atoms with Crippen LogP contribution in [-0.2, 0) is 0 Å². The van der Waals surface area contributed by atoms with Crippen molar-refractivity contribution in [3.63, 3.8) is 0 Å². The van der Waals surface area contributed by atoms with Gasteiger partial charge in [-0.2, -0.15) is 0 Å². The smallest absolute Gasteiger partial charge is 0.360 e. The van der Waals surface area contributed by atoms with Crippen LogP contribution in [0.4, 0.5) is 0 Å². The van der Waals surface area contributed by atoms with Crippen molar-refractivity contribution in [1.82, 2.24) is 5.10 Å². The van der Waals surface area contributed by atoms with Gasteiger partial charge in [0, 0.05) is 11.2 Å². The lowest BCUT2D eigenvalue weighted by Crippen LogP contribution is -2.12. The molecule has 46 valence electrons. The molecule has 0 amide bonds. The molecule has 0 radical (unpaired) electrons. The molecule has 4 nitrogen and oxygen atoms in total. The molecule has 4 heteroatoms. The zero-order valence-corrected chi connectivity index (χ0v) is 4.53. The Balaban J connectivity index is 2.98. The zero-order chi connectivity index (χ0) is 6.69. The van der Waals surface area contributed by atoms with Gasteiger partial charge < -0.3 is 5.11 Å². The molecule has 0 bridgehead atoms. The van der Waals surface area contributed by atoms with E-state index in [9.17, 15) is 4.79 Å². The molecule has 1 heterocycles. The first-order chi connectivity index (χ1) is 4.30. The van der Waals surface area contributed by atoms with Crippen LogP contribution in [0.25, 0.3) is 0 Å². The minimum absolute atomic E-state index is 0.0255. The maximum Gasteiger partial charge on any atom is 0.360 e. The third-order valence-electron chi connectivity index (χ3n) is 0.829. The van der Waals surface area contributed by atoms with Gasteiger partial charge in [0.1, 0.15) is 0 Å². The Morgan fingerprint density at radius 1 is 1.78 bits per heavy atom. The van der Waals surface area contributed by atoms with E-state index in [4.69, 9.17) is 5.11 Å². The summed E-state index contributed by atoms with van der Waals surface area (Å²) in [6, 6.07) is 3.00. The number of nitrogens with zero attached hydrogens (tertiary/aromatic N) is 1. The van der Waals surface area contributed by atoms with Crippen molar-refractivity contribution in [3.05, 3.63) is 24.0 Å². The summed E-state index contributed by atoms with van der Waals surface area (Å²) in [5.74, 6) is -1.02. The van der Waals surface area contributed by atoms with E-state index >= 15 is 0 Å². The highest BCUT2D eigenvalue weighted by molar-refractivity contribution is 5.84. The molecule has 0 spiro atoms. The third kappa shape index (κ3) is 1.22. The number of carboxylic acids is 1. The molecule has 0 aliphatic rings. The number of aromatic amines is 1. The summed E-state index contributed by atoms with van der Waals surface area (Å²) in [5.41, 5.74) is 0.0255. The number of hydrogen-bond donors (Lipinski definition) is 1. The first-order valence-electron chi connectivity index (χ1n) is 2.37. The lowest BCUT2D eigenvalue weighted by Gasteiger charge is -1.81. The van der Waals surface area contributed by atoms with Crippen LogP contribution in [0.15, 0.2) is 18.3 Å². The van der Waals surface area contributed by atoms with Crippen LogP contribution in [-0.4, -0.2) is 16.2 Å². The summed E-state index contributed by atoms with van der Waals surface area (Å²) in [6.45, 7) is 0. The summed E-state index contributed by atoms with van der Waals surface area (Å²) in [5, 5.41) is 14.2. The van der Waals surface area contributed by atoms with Gasteiger partial charge in [-0.05, 0) is 6.07 Å². The molecule has 0 saturated heterocycles. The van der Waals surface area contributed by atoms with E-state index in [1.807, 2.05) is 0 Å². The lowest BCUT2D eigenvalue weighted by atomic mass is 10.4. The van der Waals surface area contributed by atoms with Gasteiger partial charge in [0.25, 0.3) is 0 Å². The fourth-order valence-corrected chi connectivity index (χ4v) is 0.445. The third-order valence-corrected chi connectivity index (χ3v) is 0.829. The van der Waals surface area contributed by atoms with Crippen molar-refractivity contribution in [1.29, 1.82) is 0 Å². The first-order valence-corrected chi connectivity index (χ1v) is 2.37. The van der Waals surface area contributed by atoms with Crippen LogP contribution in [0, 0.1) is 0 Å². The number of rotatable bonds is 1. The fraction of sp³-hybridized carbons (Fsp3) is 0. The van der Waals surface area contributed by atoms with Gasteiger partial charge in [-0.3, -0.25) is 0 Å². The van der Waals surface area contributed by atoms with E-state index < -0.39 is 5.97 Å². The number of hydrogen-bond acceptors (Lipinski definition) is 2. The van der Waals surface area contributed by atoms with Crippen LogP contribution in [0.5, 0.6) is 0 Å². The second kappa shape index (κ2) is 2.21. The highest BCUT2D eigenvalue weighted by Gasteiger charge is 2.03. The molecule has 0 aliphatic carbocycles. The maximum atomic E-state index is 10.1. The average Bonchev–Trinajstić information content (AvgIpc) is 1.90. The van der Waals surface area contributed by atoms with Crippen molar-refractivity contribution in [2.24, 2.45) is 0 Å². The number of carboxylic acid groups (broad SMARTS) is 1. The summed E-state index contributed by atoms with van der Waals surface area (Å²) in [7, 11) is 0. The Morgan fingerprint density at radius 2 is 2.56 bits per heavy atom. The van der Waals surface area contributed by atoms with Crippen molar-refractivity contribution in [2.75, 3.05) is 0 Å². The van der Waals surface area contributed by atoms with E-state index in [-0.39, 0.29) is 5.69 Å². The summed E-state index contributed by atoms with van der Waals surface area (Å²) in [6.07, 6.45) is 1.55. The molecule has 1 aromatic rings. The largest absolute Gasteiger partial charge is 0.476 e. The SMILES string of the molecule is O=C(O)c1ccc[nH+]n1. The summed E-state index contributed by atoms with van der Waals surface area (Å²) >= 11 is 0. The number of H-pyrrole nitrogens is 1. The first kappa shape index (κ1) is 5.68. The molecule has 1 aromatic heterocycles. The predicted octanol–water partition coefficient (Wildman–Crippen LogP) is -0.406. The maximum absolute atomic E-state index is 10.1. The standard InChI is InChI=1S/C5H4N2O2/c8-5(9)4-2-1-3-6-7-4/h1-3H,(H,8,9)/p+1. The van der Waals surface area contributed by atoms with Crippen LogP contribution >= 0.6 is 0 Å². The minimum Gasteiger partial charge on any atom is -0.476 e. The highest BCUT2D eigenvalue weighted by Crippen LogP contribution is 1.85. The molecular formula is C5H5N2O2+. The number of nitrogens with one attached hydrogen (secondary N) is 1. The Morgan fingerprint density at radius 3 is 2.89 bits per heavy atom. The number of aromatic carboxylic acids is 1. The van der Waals surface area contributed by atoms with Gasteiger partial charge in [0.05, 0.1) is 0 Å². The predicted molar refractivity (Wildman–Crippen MR) is 27.8 cm³/mol. The minimum atomic E-state index is -1.02. The molecule has 1 rings (SSSR count). The molecule has 0 saturated carbocycles.